The van der Waals surface area contributed by atoms with Gasteiger partial charge in [0.05, 0.1) is 42.5 Å². The number of pyridine rings is 1. The van der Waals surface area contributed by atoms with Crippen LogP contribution in [0.1, 0.15) is 5.56 Å². The molecule has 0 aliphatic carbocycles. The largest absolute Gasteiger partial charge is 0.493 e. The lowest BCUT2D eigenvalue weighted by Gasteiger charge is -2.08. The molecule has 0 spiro atoms. The standard InChI is InChI=1S/C18H16N4O4/c1-25-16-9-13(15(22(23)24)10-17(16)26-2)11-19-21-18-8-7-12-5-3-4-6-14(12)20-18/h3-11H,1-2H3,(H,20,21)/b19-11-. The third-order valence-electron chi connectivity index (χ3n) is 3.71. The highest BCUT2D eigenvalue weighted by Gasteiger charge is 2.18. The highest BCUT2D eigenvalue weighted by Crippen LogP contribution is 2.33. The van der Waals surface area contributed by atoms with E-state index in [9.17, 15) is 10.1 Å². The zero-order chi connectivity index (χ0) is 18.5. The number of aromatic nitrogens is 1. The van der Waals surface area contributed by atoms with E-state index in [2.05, 4.69) is 15.5 Å². The average Bonchev–Trinajstić information content (AvgIpc) is 2.67. The van der Waals surface area contributed by atoms with Crippen molar-refractivity contribution < 1.29 is 14.4 Å². The van der Waals surface area contributed by atoms with E-state index in [4.69, 9.17) is 9.47 Å². The second kappa shape index (κ2) is 7.47. The molecule has 132 valence electrons. The van der Waals surface area contributed by atoms with Crippen LogP contribution in [0.4, 0.5) is 11.5 Å². The van der Waals surface area contributed by atoms with Gasteiger partial charge in [0.25, 0.3) is 5.69 Å². The Labute approximate surface area is 149 Å². The second-order valence-electron chi connectivity index (χ2n) is 5.28. The Kier molecular flexibility index (Phi) is 4.93. The number of hydrogen-bond donors (Lipinski definition) is 1. The monoisotopic (exact) mass is 352 g/mol. The number of nitro groups is 1. The van der Waals surface area contributed by atoms with Gasteiger partial charge in [-0.05, 0) is 24.3 Å². The van der Waals surface area contributed by atoms with Gasteiger partial charge >= 0.3 is 0 Å². The second-order valence-corrected chi connectivity index (χ2v) is 5.28. The third kappa shape index (κ3) is 3.54. The number of methoxy groups -OCH3 is 2. The van der Waals surface area contributed by atoms with Gasteiger partial charge in [-0.3, -0.25) is 15.5 Å². The van der Waals surface area contributed by atoms with Crippen molar-refractivity contribution in [3.63, 3.8) is 0 Å². The van der Waals surface area contributed by atoms with Gasteiger partial charge in [-0.1, -0.05) is 18.2 Å². The molecule has 0 amide bonds. The lowest BCUT2D eigenvalue weighted by molar-refractivity contribution is -0.385. The Hall–Kier alpha value is -3.68. The number of benzene rings is 2. The summed E-state index contributed by atoms with van der Waals surface area (Å²) >= 11 is 0. The molecule has 0 saturated heterocycles. The minimum absolute atomic E-state index is 0.139. The van der Waals surface area contributed by atoms with Gasteiger partial charge in [-0.2, -0.15) is 5.10 Å². The first-order valence-corrected chi connectivity index (χ1v) is 7.67. The number of rotatable bonds is 6. The maximum absolute atomic E-state index is 11.3. The van der Waals surface area contributed by atoms with E-state index in [0.29, 0.717) is 11.6 Å². The zero-order valence-electron chi connectivity index (χ0n) is 14.2. The predicted molar refractivity (Wildman–Crippen MR) is 99.2 cm³/mol. The molecule has 1 aromatic heterocycles. The smallest absolute Gasteiger partial charge is 0.282 e. The third-order valence-corrected chi connectivity index (χ3v) is 3.71. The SMILES string of the molecule is COc1cc(/C=N\Nc2ccc3ccccc3n2)c([N+](=O)[O-])cc1OC. The van der Waals surface area contributed by atoms with E-state index in [1.807, 2.05) is 30.3 Å². The number of hydrazone groups is 1. The Balaban J connectivity index is 1.87. The van der Waals surface area contributed by atoms with Gasteiger partial charge in [0.1, 0.15) is 5.82 Å². The van der Waals surface area contributed by atoms with Crippen LogP contribution in [0.5, 0.6) is 11.5 Å². The van der Waals surface area contributed by atoms with Crippen molar-refractivity contribution in [1.29, 1.82) is 0 Å². The van der Waals surface area contributed by atoms with Crippen molar-refractivity contribution in [3.05, 3.63) is 64.2 Å². The van der Waals surface area contributed by atoms with Crippen LogP contribution >= 0.6 is 0 Å². The Morgan fingerprint density at radius 1 is 1.12 bits per heavy atom. The van der Waals surface area contributed by atoms with Crippen molar-refractivity contribution in [1.82, 2.24) is 4.98 Å². The molecule has 0 aliphatic rings. The Morgan fingerprint density at radius 3 is 2.58 bits per heavy atom. The maximum Gasteiger partial charge on any atom is 0.282 e. The summed E-state index contributed by atoms with van der Waals surface area (Å²) in [6.45, 7) is 0. The first-order valence-electron chi connectivity index (χ1n) is 7.67. The topological polar surface area (TPSA) is 98.9 Å². The fourth-order valence-electron chi connectivity index (χ4n) is 2.44. The molecule has 0 unspecified atom stereocenters. The summed E-state index contributed by atoms with van der Waals surface area (Å²) in [7, 11) is 2.88. The van der Waals surface area contributed by atoms with E-state index in [-0.39, 0.29) is 17.0 Å². The summed E-state index contributed by atoms with van der Waals surface area (Å²) in [5, 5.41) is 16.3. The lowest BCUT2D eigenvalue weighted by Crippen LogP contribution is -2.00. The van der Waals surface area contributed by atoms with Gasteiger partial charge in [0, 0.05) is 5.39 Å². The molecule has 0 atom stereocenters. The van der Waals surface area contributed by atoms with Gasteiger partial charge in [-0.25, -0.2) is 4.98 Å². The highest BCUT2D eigenvalue weighted by atomic mass is 16.6. The summed E-state index contributed by atoms with van der Waals surface area (Å²) in [4.78, 5) is 15.2. The first-order chi connectivity index (χ1) is 12.6. The van der Waals surface area contributed by atoms with Crippen LogP contribution in [0.25, 0.3) is 10.9 Å². The van der Waals surface area contributed by atoms with Crippen molar-refractivity contribution >= 4 is 28.6 Å². The van der Waals surface area contributed by atoms with E-state index in [1.165, 1.54) is 32.6 Å². The van der Waals surface area contributed by atoms with Crippen molar-refractivity contribution in [2.24, 2.45) is 5.10 Å². The molecular weight excluding hydrogens is 336 g/mol. The molecule has 3 aromatic rings. The first kappa shape index (κ1) is 17.2. The number of hydrogen-bond acceptors (Lipinski definition) is 7. The zero-order valence-corrected chi connectivity index (χ0v) is 14.2. The number of nitrogens with one attached hydrogen (secondary N) is 1. The number of ether oxygens (including phenoxy) is 2. The van der Waals surface area contributed by atoms with E-state index in [0.717, 1.165) is 10.9 Å². The van der Waals surface area contributed by atoms with Crippen LogP contribution in [0.3, 0.4) is 0 Å². The molecular formula is C18H16N4O4. The fraction of sp³-hybridized carbons (Fsp3) is 0.111. The predicted octanol–water partition coefficient (Wildman–Crippen LogP) is 3.61. The van der Waals surface area contributed by atoms with Crippen LogP contribution < -0.4 is 14.9 Å². The average molecular weight is 352 g/mol. The Morgan fingerprint density at radius 2 is 1.85 bits per heavy atom. The molecule has 0 aliphatic heterocycles. The molecule has 8 nitrogen and oxygen atoms in total. The van der Waals surface area contributed by atoms with Crippen LogP contribution in [0.15, 0.2) is 53.6 Å². The van der Waals surface area contributed by atoms with Crippen LogP contribution in [-0.2, 0) is 0 Å². The fourth-order valence-corrected chi connectivity index (χ4v) is 2.44. The number of anilines is 1. The van der Waals surface area contributed by atoms with E-state index >= 15 is 0 Å². The normalized spacial score (nSPS) is 10.8. The number of nitrogens with zero attached hydrogens (tertiary/aromatic N) is 3. The van der Waals surface area contributed by atoms with Gasteiger partial charge in [0.2, 0.25) is 0 Å². The number of nitro benzene ring substituents is 1. The molecule has 2 aromatic carbocycles. The minimum Gasteiger partial charge on any atom is -0.493 e. The number of fused-ring (bicyclic) bond motifs is 1. The quantitative estimate of drug-likeness (QED) is 0.413. The molecule has 1 N–H and O–H groups in total. The van der Waals surface area contributed by atoms with Crippen LogP contribution in [-0.4, -0.2) is 30.3 Å². The summed E-state index contributed by atoms with van der Waals surface area (Å²) < 4.78 is 10.3. The molecule has 8 heteroatoms. The molecule has 3 rings (SSSR count). The summed E-state index contributed by atoms with van der Waals surface area (Å²) in [6, 6.07) is 14.2. The molecule has 0 saturated carbocycles. The summed E-state index contributed by atoms with van der Waals surface area (Å²) in [5.41, 5.74) is 3.74. The lowest BCUT2D eigenvalue weighted by atomic mass is 10.1. The molecule has 0 fully saturated rings. The van der Waals surface area contributed by atoms with Crippen molar-refractivity contribution in [3.8, 4) is 11.5 Å². The highest BCUT2D eigenvalue weighted by molar-refractivity contribution is 5.87. The maximum atomic E-state index is 11.3. The number of para-hydroxylation sites is 1. The van der Waals surface area contributed by atoms with Gasteiger partial charge in [0.15, 0.2) is 11.5 Å². The Bertz CT molecular complexity index is 988. The molecule has 26 heavy (non-hydrogen) atoms. The van der Waals surface area contributed by atoms with Gasteiger partial charge in [-0.15, -0.1) is 0 Å². The van der Waals surface area contributed by atoms with Crippen molar-refractivity contribution in [2.45, 2.75) is 0 Å². The molecule has 0 radical (unpaired) electrons. The molecule has 0 bridgehead atoms. The van der Waals surface area contributed by atoms with Crippen LogP contribution in [0, 0.1) is 10.1 Å². The van der Waals surface area contributed by atoms with Crippen molar-refractivity contribution in [2.75, 3.05) is 19.6 Å². The van der Waals surface area contributed by atoms with E-state index < -0.39 is 4.92 Å². The van der Waals surface area contributed by atoms with Gasteiger partial charge < -0.3 is 9.47 Å². The summed E-state index contributed by atoms with van der Waals surface area (Å²) in [5.74, 6) is 1.19. The molecule has 1 heterocycles. The minimum atomic E-state index is -0.502. The van der Waals surface area contributed by atoms with Crippen LogP contribution in [0.2, 0.25) is 0 Å². The van der Waals surface area contributed by atoms with E-state index in [1.54, 1.807) is 6.07 Å². The summed E-state index contributed by atoms with van der Waals surface area (Å²) in [6.07, 6.45) is 1.34.